The molecule has 2 aliphatic rings. The summed E-state index contributed by atoms with van der Waals surface area (Å²) in [6.07, 6.45) is 7.38. The van der Waals surface area contributed by atoms with Gasteiger partial charge in [-0.2, -0.15) is 0 Å². The zero-order valence-corrected chi connectivity index (χ0v) is 19.0. The SMILES string of the molecule is CC(C)=C1CCC(N2CCC(n3c(CNC(=O)O)c(C=NO)c4ccccc43)CC2)CC1. The molecule has 4 rings (SSSR count). The van der Waals surface area contributed by atoms with Gasteiger partial charge in [-0.15, -0.1) is 0 Å². The van der Waals surface area contributed by atoms with Crippen molar-refractivity contribution < 1.29 is 15.1 Å². The number of nitrogens with one attached hydrogen (secondary N) is 1. The summed E-state index contributed by atoms with van der Waals surface area (Å²) >= 11 is 0. The highest BCUT2D eigenvalue weighted by atomic mass is 16.4. The Morgan fingerprint density at radius 1 is 1.12 bits per heavy atom. The summed E-state index contributed by atoms with van der Waals surface area (Å²) in [6.45, 7) is 6.76. The first-order chi connectivity index (χ1) is 15.5. The number of hydrogen-bond acceptors (Lipinski definition) is 4. The van der Waals surface area contributed by atoms with Crippen LogP contribution in [-0.4, -0.2) is 51.2 Å². The van der Waals surface area contributed by atoms with Crippen LogP contribution >= 0.6 is 0 Å². The molecule has 3 N–H and O–H groups in total. The number of hydrogen-bond donors (Lipinski definition) is 3. The van der Waals surface area contributed by atoms with E-state index in [4.69, 9.17) is 0 Å². The first kappa shape index (κ1) is 22.4. The van der Waals surface area contributed by atoms with E-state index in [1.807, 2.05) is 18.2 Å². The largest absolute Gasteiger partial charge is 0.465 e. The smallest absolute Gasteiger partial charge is 0.404 e. The average Bonchev–Trinajstić information content (AvgIpc) is 3.11. The van der Waals surface area contributed by atoms with Crippen LogP contribution < -0.4 is 5.32 Å². The van der Waals surface area contributed by atoms with Crippen molar-refractivity contribution in [2.75, 3.05) is 13.1 Å². The van der Waals surface area contributed by atoms with Crippen molar-refractivity contribution in [1.29, 1.82) is 0 Å². The zero-order valence-electron chi connectivity index (χ0n) is 19.0. The maximum Gasteiger partial charge on any atom is 0.404 e. The van der Waals surface area contributed by atoms with Crippen molar-refractivity contribution in [3.63, 3.8) is 0 Å². The number of fused-ring (bicyclic) bond motifs is 1. The predicted molar refractivity (Wildman–Crippen MR) is 127 cm³/mol. The lowest BCUT2D eigenvalue weighted by Gasteiger charge is -2.40. The lowest BCUT2D eigenvalue weighted by atomic mass is 9.86. The number of amides is 1. The minimum Gasteiger partial charge on any atom is -0.465 e. The third-order valence-electron chi connectivity index (χ3n) is 7.30. The molecule has 2 fully saturated rings. The second kappa shape index (κ2) is 9.77. The zero-order chi connectivity index (χ0) is 22.7. The van der Waals surface area contributed by atoms with E-state index < -0.39 is 6.09 Å². The number of nitrogens with zero attached hydrogens (tertiary/aromatic N) is 3. The Kier molecular flexibility index (Phi) is 6.84. The lowest BCUT2D eigenvalue weighted by molar-refractivity contribution is 0.116. The third kappa shape index (κ3) is 4.53. The molecule has 1 amide bonds. The predicted octanol–water partition coefficient (Wildman–Crippen LogP) is 5.13. The Morgan fingerprint density at radius 3 is 2.44 bits per heavy atom. The Hall–Kier alpha value is -2.80. The summed E-state index contributed by atoms with van der Waals surface area (Å²) in [5.74, 6) is 0. The highest BCUT2D eigenvalue weighted by Gasteiger charge is 2.30. The number of carbonyl (C=O) groups is 1. The van der Waals surface area contributed by atoms with Crippen LogP contribution in [0.1, 0.15) is 69.7 Å². The number of oxime groups is 1. The van der Waals surface area contributed by atoms with Crippen LogP contribution in [0.5, 0.6) is 0 Å². The third-order valence-corrected chi connectivity index (χ3v) is 7.30. The topological polar surface area (TPSA) is 90.1 Å². The molecular formula is C25H34N4O3. The molecule has 7 heteroatoms. The summed E-state index contributed by atoms with van der Waals surface area (Å²) in [5.41, 5.74) is 5.83. The molecule has 0 atom stereocenters. The molecule has 1 aliphatic carbocycles. The molecule has 2 heterocycles. The fraction of sp³-hybridized carbons (Fsp3) is 0.520. The van der Waals surface area contributed by atoms with Gasteiger partial charge in [0.25, 0.3) is 0 Å². The molecule has 7 nitrogen and oxygen atoms in total. The van der Waals surface area contributed by atoms with E-state index in [1.54, 1.807) is 5.57 Å². The van der Waals surface area contributed by atoms with E-state index in [2.05, 4.69) is 39.9 Å². The average molecular weight is 439 g/mol. The van der Waals surface area contributed by atoms with Crippen molar-refractivity contribution in [3.8, 4) is 0 Å². The standard InChI is InChI=1S/C25H34N4O3/c1-17(2)18-7-9-19(10-8-18)28-13-11-20(12-14-28)29-23-6-4-3-5-21(23)22(15-27-32)24(29)16-26-25(30)31/h3-6,15,19-20,26,32H,7-14,16H2,1-2H3,(H,30,31). The molecule has 1 aliphatic heterocycles. The molecule has 1 saturated heterocycles. The highest BCUT2D eigenvalue weighted by Crippen LogP contribution is 2.36. The van der Waals surface area contributed by atoms with Crippen molar-refractivity contribution in [3.05, 3.63) is 46.7 Å². The quantitative estimate of drug-likeness (QED) is 0.261. The Balaban J connectivity index is 1.56. The summed E-state index contributed by atoms with van der Waals surface area (Å²) in [6, 6.07) is 9.01. The number of carboxylic acid groups (broad SMARTS) is 1. The van der Waals surface area contributed by atoms with Gasteiger partial charge in [0, 0.05) is 47.3 Å². The molecule has 0 unspecified atom stereocenters. The Labute approximate surface area is 189 Å². The van der Waals surface area contributed by atoms with E-state index in [1.165, 1.54) is 37.5 Å². The van der Waals surface area contributed by atoms with Crippen LogP contribution in [0, 0.1) is 0 Å². The fourth-order valence-corrected chi connectivity index (χ4v) is 5.63. The van der Waals surface area contributed by atoms with E-state index in [0.717, 1.165) is 48.1 Å². The van der Waals surface area contributed by atoms with Gasteiger partial charge in [0.1, 0.15) is 0 Å². The van der Waals surface area contributed by atoms with Crippen molar-refractivity contribution in [1.82, 2.24) is 14.8 Å². The van der Waals surface area contributed by atoms with Gasteiger partial charge in [-0.25, -0.2) is 4.79 Å². The maximum atomic E-state index is 11.2. The summed E-state index contributed by atoms with van der Waals surface area (Å²) in [4.78, 5) is 13.9. The van der Waals surface area contributed by atoms with E-state index in [-0.39, 0.29) is 6.54 Å². The maximum absolute atomic E-state index is 11.2. The number of rotatable bonds is 5. The van der Waals surface area contributed by atoms with Crippen LogP contribution in [0.4, 0.5) is 4.79 Å². The normalized spacial score (nSPS) is 20.8. The Bertz CT molecular complexity index is 1020. The van der Waals surface area contributed by atoms with E-state index in [9.17, 15) is 15.1 Å². The monoisotopic (exact) mass is 438 g/mol. The highest BCUT2D eigenvalue weighted by molar-refractivity contribution is 6.01. The van der Waals surface area contributed by atoms with E-state index in [0.29, 0.717) is 12.1 Å². The van der Waals surface area contributed by atoms with Crippen molar-refractivity contribution >= 4 is 23.2 Å². The molecule has 1 saturated carbocycles. The first-order valence-corrected chi connectivity index (χ1v) is 11.6. The minimum absolute atomic E-state index is 0.180. The number of aromatic nitrogens is 1. The van der Waals surface area contributed by atoms with Crippen LogP contribution in [0.2, 0.25) is 0 Å². The van der Waals surface area contributed by atoms with Gasteiger partial charge in [0.2, 0.25) is 0 Å². The number of piperidine rings is 1. The van der Waals surface area contributed by atoms with Crippen LogP contribution in [0.3, 0.4) is 0 Å². The Morgan fingerprint density at radius 2 is 1.81 bits per heavy atom. The second-order valence-electron chi connectivity index (χ2n) is 9.25. The molecule has 0 spiro atoms. The van der Waals surface area contributed by atoms with Gasteiger partial charge in [-0.3, -0.25) is 0 Å². The summed E-state index contributed by atoms with van der Waals surface area (Å²) in [5, 5.41) is 25.2. The van der Waals surface area contributed by atoms with Gasteiger partial charge in [0.05, 0.1) is 12.8 Å². The molecule has 1 aromatic carbocycles. The molecule has 0 bridgehead atoms. The second-order valence-corrected chi connectivity index (χ2v) is 9.25. The number of allylic oxidation sites excluding steroid dienone is 2. The van der Waals surface area contributed by atoms with Gasteiger partial charge in [0.15, 0.2) is 0 Å². The van der Waals surface area contributed by atoms with Gasteiger partial charge in [-0.05, 0) is 58.4 Å². The van der Waals surface area contributed by atoms with E-state index >= 15 is 0 Å². The molecule has 32 heavy (non-hydrogen) atoms. The van der Waals surface area contributed by atoms with Gasteiger partial charge < -0.3 is 25.1 Å². The molecule has 1 aromatic heterocycles. The van der Waals surface area contributed by atoms with Crippen molar-refractivity contribution in [2.45, 2.75) is 71.0 Å². The summed E-state index contributed by atoms with van der Waals surface area (Å²) in [7, 11) is 0. The summed E-state index contributed by atoms with van der Waals surface area (Å²) < 4.78 is 2.28. The molecule has 0 radical (unpaired) electrons. The first-order valence-electron chi connectivity index (χ1n) is 11.6. The molecule has 2 aromatic rings. The fourth-order valence-electron chi connectivity index (χ4n) is 5.63. The van der Waals surface area contributed by atoms with Crippen LogP contribution in [-0.2, 0) is 6.54 Å². The molecular weight excluding hydrogens is 404 g/mol. The van der Waals surface area contributed by atoms with Crippen LogP contribution in [0.25, 0.3) is 10.9 Å². The van der Waals surface area contributed by atoms with Crippen molar-refractivity contribution in [2.24, 2.45) is 5.16 Å². The minimum atomic E-state index is -1.06. The lowest BCUT2D eigenvalue weighted by Crippen LogP contribution is -2.43. The number of likely N-dealkylation sites (tertiary alicyclic amines) is 1. The van der Waals surface area contributed by atoms with Crippen LogP contribution in [0.15, 0.2) is 40.6 Å². The van der Waals surface area contributed by atoms with Gasteiger partial charge in [-0.1, -0.05) is 34.5 Å². The number of para-hydroxylation sites is 1. The van der Waals surface area contributed by atoms with Gasteiger partial charge >= 0.3 is 6.09 Å². The molecule has 172 valence electrons. The number of benzene rings is 1.